The molecule has 2 rings (SSSR count). The third-order valence-electron chi connectivity index (χ3n) is 3.70. The van der Waals surface area contributed by atoms with E-state index in [4.69, 9.17) is 18.0 Å². The summed E-state index contributed by atoms with van der Waals surface area (Å²) in [5.74, 6) is -0.172. The van der Waals surface area contributed by atoms with Crippen LogP contribution in [0, 0.1) is 0 Å². The van der Waals surface area contributed by atoms with Gasteiger partial charge in [0, 0.05) is 5.38 Å². The lowest BCUT2D eigenvalue weighted by atomic mass is 9.83. The number of nitrogens with two attached hydrogens (primary N) is 1. The lowest BCUT2D eigenvalue weighted by Crippen LogP contribution is -2.57. The molecular weight excluding hydrogens is 278 g/mol. The van der Waals surface area contributed by atoms with Gasteiger partial charge >= 0.3 is 0 Å². The third kappa shape index (κ3) is 3.51. The average molecular weight is 297 g/mol. The number of amides is 1. The van der Waals surface area contributed by atoms with Crippen LogP contribution in [0.15, 0.2) is 10.9 Å². The Morgan fingerprint density at radius 3 is 2.47 bits per heavy atom. The largest absolute Gasteiger partial charge is 0.391 e. The molecule has 4 nitrogen and oxygen atoms in total. The molecule has 3 N–H and O–H groups in total. The van der Waals surface area contributed by atoms with E-state index in [1.807, 2.05) is 0 Å². The second-order valence-electron chi connectivity index (χ2n) is 5.04. The van der Waals surface area contributed by atoms with Gasteiger partial charge in [-0.1, -0.05) is 44.3 Å². The molecule has 1 aromatic rings. The minimum Gasteiger partial charge on any atom is -0.391 e. The van der Waals surface area contributed by atoms with Crippen molar-refractivity contribution in [2.75, 3.05) is 0 Å². The van der Waals surface area contributed by atoms with E-state index in [1.165, 1.54) is 30.6 Å². The predicted octanol–water partition coefficient (Wildman–Crippen LogP) is 2.64. The maximum absolute atomic E-state index is 12.2. The molecule has 0 saturated heterocycles. The number of carbonyl (C=O) groups is 1. The fraction of sp³-hybridized carbons (Fsp3) is 0.615. The molecule has 0 bridgehead atoms. The van der Waals surface area contributed by atoms with E-state index in [0.717, 1.165) is 25.7 Å². The summed E-state index contributed by atoms with van der Waals surface area (Å²) >= 11 is 6.63. The highest BCUT2D eigenvalue weighted by Crippen LogP contribution is 2.27. The molecule has 19 heavy (non-hydrogen) atoms. The Morgan fingerprint density at radius 1 is 1.32 bits per heavy atom. The molecule has 1 aromatic heterocycles. The van der Waals surface area contributed by atoms with Crippen LogP contribution in [-0.4, -0.2) is 21.4 Å². The standard InChI is InChI=1S/C13H19N3OS2/c14-12(18)13(6-4-2-1-3-5-7-13)16-11(17)10-8-19-9-15-10/h8-9H,1-7H2,(H2,14,18)(H,16,17). The number of thiocarbonyl (C=S) groups is 1. The van der Waals surface area contributed by atoms with Crippen molar-refractivity contribution in [2.45, 2.75) is 50.5 Å². The van der Waals surface area contributed by atoms with E-state index >= 15 is 0 Å². The van der Waals surface area contributed by atoms with Crippen LogP contribution in [0.4, 0.5) is 0 Å². The van der Waals surface area contributed by atoms with Gasteiger partial charge in [0.1, 0.15) is 5.69 Å². The van der Waals surface area contributed by atoms with Crippen LogP contribution in [0.5, 0.6) is 0 Å². The highest BCUT2D eigenvalue weighted by Gasteiger charge is 2.35. The summed E-state index contributed by atoms with van der Waals surface area (Å²) in [6, 6.07) is 0. The molecule has 1 aliphatic carbocycles. The quantitative estimate of drug-likeness (QED) is 0.842. The molecule has 1 amide bonds. The lowest BCUT2D eigenvalue weighted by Gasteiger charge is -2.35. The lowest BCUT2D eigenvalue weighted by molar-refractivity contribution is 0.0908. The Labute approximate surface area is 122 Å². The van der Waals surface area contributed by atoms with Gasteiger partial charge in [0.15, 0.2) is 0 Å². The minimum absolute atomic E-state index is 0.172. The van der Waals surface area contributed by atoms with Crippen molar-refractivity contribution in [1.82, 2.24) is 10.3 Å². The fourth-order valence-corrected chi connectivity index (χ4v) is 3.34. The number of aromatic nitrogens is 1. The molecule has 0 aliphatic heterocycles. The normalized spacial score (nSPS) is 19.2. The van der Waals surface area contributed by atoms with Gasteiger partial charge in [-0.15, -0.1) is 11.3 Å². The first kappa shape index (κ1) is 14.4. The number of hydrogen-bond acceptors (Lipinski definition) is 4. The number of hydrogen-bond donors (Lipinski definition) is 2. The highest BCUT2D eigenvalue weighted by atomic mass is 32.1. The van der Waals surface area contributed by atoms with Crippen LogP contribution in [0.2, 0.25) is 0 Å². The van der Waals surface area contributed by atoms with E-state index in [0.29, 0.717) is 10.7 Å². The van der Waals surface area contributed by atoms with Gasteiger partial charge in [-0.25, -0.2) is 4.98 Å². The van der Waals surface area contributed by atoms with Crippen LogP contribution >= 0.6 is 23.6 Å². The fourth-order valence-electron chi connectivity index (χ4n) is 2.55. The van der Waals surface area contributed by atoms with E-state index in [-0.39, 0.29) is 5.91 Å². The molecule has 0 aromatic carbocycles. The Hall–Kier alpha value is -1.01. The van der Waals surface area contributed by atoms with E-state index in [1.54, 1.807) is 10.9 Å². The molecule has 0 spiro atoms. The van der Waals surface area contributed by atoms with Crippen LogP contribution in [0.25, 0.3) is 0 Å². The van der Waals surface area contributed by atoms with Crippen LogP contribution in [0.1, 0.15) is 55.4 Å². The molecule has 104 valence electrons. The van der Waals surface area contributed by atoms with Gasteiger partial charge in [0.05, 0.1) is 16.0 Å². The van der Waals surface area contributed by atoms with Crippen molar-refractivity contribution in [2.24, 2.45) is 5.73 Å². The molecule has 1 fully saturated rings. The summed E-state index contributed by atoms with van der Waals surface area (Å²) in [4.78, 5) is 16.6. The van der Waals surface area contributed by atoms with Crippen molar-refractivity contribution >= 4 is 34.5 Å². The molecule has 1 saturated carbocycles. The first-order chi connectivity index (χ1) is 9.14. The first-order valence-corrected chi connectivity index (χ1v) is 8.00. The van der Waals surface area contributed by atoms with Crippen LogP contribution in [0.3, 0.4) is 0 Å². The zero-order valence-corrected chi connectivity index (χ0v) is 12.5. The molecule has 6 heteroatoms. The number of nitrogens with zero attached hydrogens (tertiary/aromatic N) is 1. The van der Waals surface area contributed by atoms with Gasteiger partial charge in [0.25, 0.3) is 5.91 Å². The zero-order chi connectivity index (χ0) is 13.7. The summed E-state index contributed by atoms with van der Waals surface area (Å²) in [6.07, 6.45) is 7.38. The summed E-state index contributed by atoms with van der Waals surface area (Å²) in [7, 11) is 0. The van der Waals surface area contributed by atoms with Crippen molar-refractivity contribution < 1.29 is 4.79 Å². The maximum Gasteiger partial charge on any atom is 0.271 e. The minimum atomic E-state index is -0.531. The Kier molecular flexibility index (Phi) is 4.87. The Bertz CT molecular complexity index is 437. The third-order valence-corrected chi connectivity index (χ3v) is 4.67. The van der Waals surface area contributed by atoms with Gasteiger partial charge in [-0.2, -0.15) is 0 Å². The van der Waals surface area contributed by atoms with Crippen molar-refractivity contribution in [3.63, 3.8) is 0 Å². The highest BCUT2D eigenvalue weighted by molar-refractivity contribution is 7.80. The zero-order valence-electron chi connectivity index (χ0n) is 10.9. The Balaban J connectivity index is 2.13. The smallest absolute Gasteiger partial charge is 0.271 e. The maximum atomic E-state index is 12.2. The summed E-state index contributed by atoms with van der Waals surface area (Å²) in [5.41, 5.74) is 7.49. The van der Waals surface area contributed by atoms with E-state index in [2.05, 4.69) is 10.3 Å². The number of rotatable bonds is 3. The predicted molar refractivity (Wildman–Crippen MR) is 81.4 cm³/mol. The van der Waals surface area contributed by atoms with Crippen molar-refractivity contribution in [3.05, 3.63) is 16.6 Å². The Morgan fingerprint density at radius 2 is 1.95 bits per heavy atom. The monoisotopic (exact) mass is 297 g/mol. The average Bonchev–Trinajstić information content (AvgIpc) is 2.86. The molecule has 1 heterocycles. The second-order valence-corrected chi connectivity index (χ2v) is 6.20. The van der Waals surface area contributed by atoms with Crippen molar-refractivity contribution in [1.29, 1.82) is 0 Å². The summed E-state index contributed by atoms with van der Waals surface area (Å²) < 4.78 is 0. The first-order valence-electron chi connectivity index (χ1n) is 6.65. The van der Waals surface area contributed by atoms with Crippen molar-refractivity contribution in [3.8, 4) is 0 Å². The van der Waals surface area contributed by atoms with Crippen LogP contribution in [-0.2, 0) is 0 Å². The topological polar surface area (TPSA) is 68.0 Å². The molecule has 0 unspecified atom stereocenters. The molecule has 0 radical (unpaired) electrons. The molecular formula is C13H19N3OS2. The van der Waals surface area contributed by atoms with Gasteiger partial charge < -0.3 is 11.1 Å². The second kappa shape index (κ2) is 6.43. The number of thiazole rings is 1. The number of carbonyl (C=O) groups excluding carboxylic acids is 1. The van der Waals surface area contributed by atoms with E-state index < -0.39 is 5.54 Å². The molecule has 0 atom stereocenters. The van der Waals surface area contributed by atoms with Crippen LogP contribution < -0.4 is 11.1 Å². The molecule has 1 aliphatic rings. The van der Waals surface area contributed by atoms with Gasteiger partial charge in [0.2, 0.25) is 0 Å². The van der Waals surface area contributed by atoms with E-state index in [9.17, 15) is 4.79 Å². The van der Waals surface area contributed by atoms with Gasteiger partial charge in [-0.05, 0) is 12.8 Å². The SMILES string of the molecule is NC(=S)C1(NC(=O)c2cscn2)CCCCCCC1. The summed E-state index contributed by atoms with van der Waals surface area (Å²) in [5, 5.41) is 4.78. The van der Waals surface area contributed by atoms with Gasteiger partial charge in [-0.3, -0.25) is 4.79 Å². The summed E-state index contributed by atoms with van der Waals surface area (Å²) in [6.45, 7) is 0. The number of nitrogens with one attached hydrogen (secondary N) is 1.